The molecule has 1 heteroatoms. The van der Waals surface area contributed by atoms with Crippen LogP contribution in [0.15, 0.2) is 48.5 Å². The first-order chi connectivity index (χ1) is 10.3. The van der Waals surface area contributed by atoms with Gasteiger partial charge >= 0.3 is 0 Å². The number of rotatable bonds is 2. The molecule has 0 spiro atoms. The topological polar surface area (TPSA) is 17.1 Å². The molecule has 1 nitrogen and oxygen atoms in total. The van der Waals surface area contributed by atoms with Crippen LogP contribution >= 0.6 is 0 Å². The molecule has 5 radical (unpaired) electrons. The standard InChI is InChI=1S/C20H13O/c21-15-18-9-7-16(8-10-18)5-6-17-11-13-20(14-12-17)19-3-1-2-4-19/h1-4,7-15H. The molecular formula is C20H13O. The van der Waals surface area contributed by atoms with Gasteiger partial charge < -0.3 is 0 Å². The molecule has 0 saturated heterocycles. The summed E-state index contributed by atoms with van der Waals surface area (Å²) in [7, 11) is 0. The van der Waals surface area contributed by atoms with Crippen LogP contribution in [0.5, 0.6) is 0 Å². The van der Waals surface area contributed by atoms with Crippen molar-refractivity contribution in [1.82, 2.24) is 0 Å². The van der Waals surface area contributed by atoms with Gasteiger partial charge in [-0.25, -0.2) is 0 Å². The maximum Gasteiger partial charge on any atom is 0.150 e. The zero-order chi connectivity index (χ0) is 14.5. The first-order valence-electron chi connectivity index (χ1n) is 6.74. The normalized spacial score (nSPS) is 14.5. The maximum absolute atomic E-state index is 10.6. The highest BCUT2D eigenvalue weighted by Crippen LogP contribution is 2.29. The fourth-order valence-corrected chi connectivity index (χ4v) is 2.10. The van der Waals surface area contributed by atoms with E-state index in [2.05, 4.69) is 36.8 Å². The zero-order valence-electron chi connectivity index (χ0n) is 11.4. The van der Waals surface area contributed by atoms with Gasteiger partial charge in [0.25, 0.3) is 0 Å². The molecule has 0 aliphatic heterocycles. The van der Waals surface area contributed by atoms with E-state index in [-0.39, 0.29) is 0 Å². The Hall–Kier alpha value is -2.33. The second-order valence-corrected chi connectivity index (χ2v) is 4.74. The van der Waals surface area contributed by atoms with Crippen LogP contribution in [0, 0.1) is 43.4 Å². The second kappa shape index (κ2) is 6.41. The Labute approximate surface area is 126 Å². The molecule has 0 amide bonds. The van der Waals surface area contributed by atoms with E-state index in [0.29, 0.717) is 5.56 Å². The molecule has 1 fully saturated rings. The van der Waals surface area contributed by atoms with Gasteiger partial charge in [-0.1, -0.05) is 36.1 Å². The van der Waals surface area contributed by atoms with Crippen LogP contribution in [0.25, 0.3) is 0 Å². The average Bonchev–Trinajstić information content (AvgIpc) is 3.08. The van der Waals surface area contributed by atoms with E-state index < -0.39 is 0 Å². The van der Waals surface area contributed by atoms with Crippen molar-refractivity contribution in [3.8, 4) is 11.8 Å². The molecule has 0 N–H and O–H groups in total. The largest absolute Gasteiger partial charge is 0.298 e. The average molecular weight is 269 g/mol. The highest BCUT2D eigenvalue weighted by molar-refractivity contribution is 5.74. The summed E-state index contributed by atoms with van der Waals surface area (Å²) in [5.74, 6) is 7.45. The smallest absolute Gasteiger partial charge is 0.150 e. The van der Waals surface area contributed by atoms with Gasteiger partial charge in [0.05, 0.1) is 0 Å². The van der Waals surface area contributed by atoms with Gasteiger partial charge in [0, 0.05) is 22.6 Å². The summed E-state index contributed by atoms with van der Waals surface area (Å²) in [6.45, 7) is 0. The predicted octanol–water partition coefficient (Wildman–Crippen LogP) is 3.65. The SMILES string of the molecule is O=Cc1ccc(C#Cc2ccc([C]3[CH][CH][CH][CH]3)cc2)cc1. The lowest BCUT2D eigenvalue weighted by atomic mass is 9.97. The van der Waals surface area contributed by atoms with Crippen molar-refractivity contribution in [2.75, 3.05) is 0 Å². The van der Waals surface area contributed by atoms with Crippen molar-refractivity contribution in [3.63, 3.8) is 0 Å². The van der Waals surface area contributed by atoms with Crippen molar-refractivity contribution in [2.45, 2.75) is 0 Å². The molecule has 1 saturated carbocycles. The van der Waals surface area contributed by atoms with Gasteiger partial charge in [0.15, 0.2) is 0 Å². The zero-order valence-corrected chi connectivity index (χ0v) is 11.4. The molecule has 0 atom stereocenters. The first kappa shape index (κ1) is 13.6. The lowest BCUT2D eigenvalue weighted by molar-refractivity contribution is 0.112. The summed E-state index contributed by atoms with van der Waals surface area (Å²) in [5, 5.41) is 0. The lowest BCUT2D eigenvalue weighted by Crippen LogP contribution is -1.94. The van der Waals surface area contributed by atoms with E-state index in [9.17, 15) is 4.79 Å². The first-order valence-corrected chi connectivity index (χ1v) is 6.74. The van der Waals surface area contributed by atoms with Crippen LogP contribution in [0.3, 0.4) is 0 Å². The molecule has 1 aliphatic carbocycles. The summed E-state index contributed by atoms with van der Waals surface area (Å²) < 4.78 is 0. The van der Waals surface area contributed by atoms with Crippen LogP contribution in [-0.2, 0) is 0 Å². The van der Waals surface area contributed by atoms with Gasteiger partial charge in [-0.05, 0) is 55.5 Å². The Balaban J connectivity index is 1.72. The molecule has 3 rings (SSSR count). The van der Waals surface area contributed by atoms with Crippen LogP contribution < -0.4 is 0 Å². The Morgan fingerprint density at radius 1 is 0.714 bits per heavy atom. The minimum absolute atomic E-state index is 0.666. The Morgan fingerprint density at radius 3 is 1.76 bits per heavy atom. The number of aldehydes is 1. The van der Waals surface area contributed by atoms with Crippen LogP contribution in [-0.4, -0.2) is 6.29 Å². The van der Waals surface area contributed by atoms with E-state index in [1.807, 2.05) is 37.1 Å². The molecule has 0 bridgehead atoms. The molecule has 0 heterocycles. The molecule has 2 aromatic rings. The third-order valence-corrected chi connectivity index (χ3v) is 3.28. The van der Waals surface area contributed by atoms with Crippen LogP contribution in [0.4, 0.5) is 0 Å². The molecule has 21 heavy (non-hydrogen) atoms. The number of carbonyl (C=O) groups is 1. The predicted molar refractivity (Wildman–Crippen MR) is 83.8 cm³/mol. The van der Waals surface area contributed by atoms with E-state index >= 15 is 0 Å². The van der Waals surface area contributed by atoms with Crippen molar-refractivity contribution in [1.29, 1.82) is 0 Å². The van der Waals surface area contributed by atoms with Crippen LogP contribution in [0.2, 0.25) is 0 Å². The molecule has 0 unspecified atom stereocenters. The van der Waals surface area contributed by atoms with Crippen molar-refractivity contribution in [3.05, 3.63) is 102 Å². The highest BCUT2D eigenvalue weighted by atomic mass is 16.1. The van der Waals surface area contributed by atoms with E-state index in [1.165, 1.54) is 11.5 Å². The maximum atomic E-state index is 10.6. The Morgan fingerprint density at radius 2 is 1.24 bits per heavy atom. The Kier molecular flexibility index (Phi) is 4.17. The summed E-state index contributed by atoms with van der Waals surface area (Å²) in [6, 6.07) is 15.5. The lowest BCUT2D eigenvalue weighted by Gasteiger charge is -2.07. The van der Waals surface area contributed by atoms with E-state index in [4.69, 9.17) is 0 Å². The molecule has 0 aromatic heterocycles. The summed E-state index contributed by atoms with van der Waals surface area (Å²) in [6.07, 6.45) is 9.09. The summed E-state index contributed by atoms with van der Waals surface area (Å²) in [4.78, 5) is 10.6. The van der Waals surface area contributed by atoms with E-state index in [0.717, 1.165) is 17.4 Å². The van der Waals surface area contributed by atoms with Crippen molar-refractivity contribution < 1.29 is 4.79 Å². The van der Waals surface area contributed by atoms with Gasteiger partial charge in [-0.3, -0.25) is 4.79 Å². The Bertz CT molecular complexity index is 663. The minimum Gasteiger partial charge on any atom is -0.298 e. The number of carbonyl (C=O) groups excluding carboxylic acids is 1. The van der Waals surface area contributed by atoms with E-state index in [1.54, 1.807) is 12.1 Å². The molecule has 2 aromatic carbocycles. The summed E-state index contributed by atoms with van der Waals surface area (Å²) >= 11 is 0. The highest BCUT2D eigenvalue weighted by Gasteiger charge is 2.18. The molecule has 1 aliphatic rings. The van der Waals surface area contributed by atoms with Crippen molar-refractivity contribution in [2.24, 2.45) is 0 Å². The van der Waals surface area contributed by atoms with Gasteiger partial charge in [0.2, 0.25) is 0 Å². The monoisotopic (exact) mass is 269 g/mol. The molecular weight excluding hydrogens is 256 g/mol. The van der Waals surface area contributed by atoms with Gasteiger partial charge in [0.1, 0.15) is 6.29 Å². The van der Waals surface area contributed by atoms with Gasteiger partial charge in [-0.2, -0.15) is 0 Å². The minimum atomic E-state index is 0.666. The second-order valence-electron chi connectivity index (χ2n) is 4.74. The number of hydrogen-bond donors (Lipinski definition) is 0. The quantitative estimate of drug-likeness (QED) is 0.601. The fourth-order valence-electron chi connectivity index (χ4n) is 2.10. The third-order valence-electron chi connectivity index (χ3n) is 3.28. The number of hydrogen-bond acceptors (Lipinski definition) is 1. The fraction of sp³-hybridized carbons (Fsp3) is 0. The van der Waals surface area contributed by atoms with Gasteiger partial charge in [-0.15, -0.1) is 0 Å². The number of benzene rings is 2. The van der Waals surface area contributed by atoms with Crippen LogP contribution in [0.1, 0.15) is 27.0 Å². The van der Waals surface area contributed by atoms with Crippen molar-refractivity contribution >= 4 is 6.29 Å². The third kappa shape index (κ3) is 3.41. The molecule has 99 valence electrons. The summed E-state index contributed by atoms with van der Waals surface area (Å²) in [5.41, 5.74) is 3.74.